The molecule has 0 unspecified atom stereocenters. The number of carbonyl (C=O) groups excluding carboxylic acids is 1. The monoisotopic (exact) mass is 325 g/mol. The maximum atomic E-state index is 12.4. The molecule has 1 amide bonds. The lowest BCUT2D eigenvalue weighted by molar-refractivity contribution is -0.145. The first-order valence-corrected chi connectivity index (χ1v) is 6.88. The molecule has 2 aliphatic heterocycles. The lowest BCUT2D eigenvalue weighted by Gasteiger charge is -2.21. The molecule has 2 N–H and O–H groups in total. The number of para-hydroxylation sites is 2. The number of benzene rings is 1. The van der Waals surface area contributed by atoms with Crippen LogP contribution in [-0.4, -0.2) is 35.8 Å². The van der Waals surface area contributed by atoms with Gasteiger partial charge in [0.2, 0.25) is 5.91 Å². The quantitative estimate of drug-likeness (QED) is 0.808. The van der Waals surface area contributed by atoms with Gasteiger partial charge < -0.3 is 19.9 Å². The molecule has 2 aliphatic rings. The third-order valence-electron chi connectivity index (χ3n) is 3.85. The second-order valence-electron chi connectivity index (χ2n) is 5.20. The summed E-state index contributed by atoms with van der Waals surface area (Å²) < 4.78 is 34.5. The van der Waals surface area contributed by atoms with Gasteiger partial charge in [-0.05, 0) is 12.1 Å². The van der Waals surface area contributed by atoms with E-state index in [0.717, 1.165) is 0 Å². The highest BCUT2D eigenvalue weighted by atomic mass is 19.3. The molecule has 8 heteroatoms. The first-order chi connectivity index (χ1) is 11.0. The topological polar surface area (TPSA) is 84.9 Å². The van der Waals surface area contributed by atoms with Crippen molar-refractivity contribution in [3.63, 3.8) is 0 Å². The minimum atomic E-state index is -3.03. The normalized spacial score (nSPS) is 28.1. The van der Waals surface area contributed by atoms with Crippen LogP contribution in [0, 0.1) is 11.8 Å². The fourth-order valence-corrected chi connectivity index (χ4v) is 2.90. The predicted octanol–water partition coefficient (Wildman–Crippen LogP) is 1.88. The molecular formula is C15H13F2NO5. The Morgan fingerprint density at radius 3 is 2.48 bits per heavy atom. The Labute approximate surface area is 129 Å². The molecule has 1 fully saturated rings. The van der Waals surface area contributed by atoms with Crippen LogP contribution in [-0.2, 0) is 14.3 Å². The maximum absolute atomic E-state index is 12.4. The molecule has 0 radical (unpaired) electrons. The van der Waals surface area contributed by atoms with Gasteiger partial charge >= 0.3 is 12.6 Å². The Kier molecular flexibility index (Phi) is 3.99. The van der Waals surface area contributed by atoms with Gasteiger partial charge in [0.15, 0.2) is 0 Å². The van der Waals surface area contributed by atoms with Gasteiger partial charge in [0, 0.05) is 0 Å². The number of hydrogen-bond acceptors (Lipinski definition) is 4. The number of alkyl halides is 2. The Balaban J connectivity index is 1.80. The molecule has 23 heavy (non-hydrogen) atoms. The highest BCUT2D eigenvalue weighted by Gasteiger charge is 2.53. The third-order valence-corrected chi connectivity index (χ3v) is 3.85. The molecule has 0 saturated carbocycles. The Hall–Kier alpha value is -2.48. The minimum absolute atomic E-state index is 0.0497. The molecule has 0 aliphatic carbocycles. The van der Waals surface area contributed by atoms with Crippen LogP contribution < -0.4 is 10.1 Å². The average Bonchev–Trinajstić information content (AvgIpc) is 3.09. The van der Waals surface area contributed by atoms with E-state index in [0.29, 0.717) is 0 Å². The molecule has 1 saturated heterocycles. The first-order valence-electron chi connectivity index (χ1n) is 6.88. The molecule has 4 atom stereocenters. The Bertz CT molecular complexity index is 663. The molecule has 3 rings (SSSR count). The number of hydrogen-bond donors (Lipinski definition) is 2. The Morgan fingerprint density at radius 1 is 1.17 bits per heavy atom. The molecule has 0 aromatic heterocycles. The van der Waals surface area contributed by atoms with E-state index in [1.807, 2.05) is 0 Å². The second kappa shape index (κ2) is 5.96. The molecule has 1 aromatic carbocycles. The number of ether oxygens (including phenoxy) is 2. The summed E-state index contributed by atoms with van der Waals surface area (Å²) >= 11 is 0. The maximum Gasteiger partial charge on any atom is 0.387 e. The van der Waals surface area contributed by atoms with E-state index < -0.39 is 42.5 Å². The van der Waals surface area contributed by atoms with Crippen LogP contribution in [0.25, 0.3) is 0 Å². The fraction of sp³-hybridized carbons (Fsp3) is 0.333. The van der Waals surface area contributed by atoms with Crippen molar-refractivity contribution in [2.45, 2.75) is 18.8 Å². The summed E-state index contributed by atoms with van der Waals surface area (Å²) in [6, 6.07) is 5.71. The van der Waals surface area contributed by atoms with Crippen molar-refractivity contribution in [2.24, 2.45) is 11.8 Å². The van der Waals surface area contributed by atoms with Crippen LogP contribution in [0.1, 0.15) is 0 Å². The summed E-state index contributed by atoms with van der Waals surface area (Å²) in [5.74, 6) is -3.88. The van der Waals surface area contributed by atoms with Crippen LogP contribution in [0.15, 0.2) is 36.4 Å². The van der Waals surface area contributed by atoms with Gasteiger partial charge in [-0.3, -0.25) is 9.59 Å². The minimum Gasteiger partial charge on any atom is -0.481 e. The van der Waals surface area contributed by atoms with E-state index in [1.165, 1.54) is 18.2 Å². The predicted molar refractivity (Wildman–Crippen MR) is 74.1 cm³/mol. The molecular weight excluding hydrogens is 312 g/mol. The molecule has 2 bridgehead atoms. The zero-order valence-electron chi connectivity index (χ0n) is 11.7. The van der Waals surface area contributed by atoms with Crippen molar-refractivity contribution >= 4 is 17.6 Å². The van der Waals surface area contributed by atoms with Crippen LogP contribution in [0.4, 0.5) is 14.5 Å². The second-order valence-corrected chi connectivity index (χ2v) is 5.20. The lowest BCUT2D eigenvalue weighted by atomic mass is 9.82. The van der Waals surface area contributed by atoms with Gasteiger partial charge in [0.25, 0.3) is 0 Å². The number of carboxylic acids is 1. The van der Waals surface area contributed by atoms with Crippen molar-refractivity contribution in [3.8, 4) is 5.75 Å². The van der Waals surface area contributed by atoms with Gasteiger partial charge in [0.05, 0.1) is 23.8 Å². The van der Waals surface area contributed by atoms with Crippen LogP contribution >= 0.6 is 0 Å². The zero-order valence-corrected chi connectivity index (χ0v) is 11.7. The van der Waals surface area contributed by atoms with Gasteiger partial charge in [0.1, 0.15) is 11.7 Å². The van der Waals surface area contributed by atoms with Gasteiger partial charge in [-0.1, -0.05) is 24.3 Å². The largest absolute Gasteiger partial charge is 0.481 e. The number of aliphatic carboxylic acids is 1. The number of halogens is 2. The Morgan fingerprint density at radius 2 is 1.83 bits per heavy atom. The summed E-state index contributed by atoms with van der Waals surface area (Å²) in [6.45, 7) is -3.03. The first kappa shape index (κ1) is 15.4. The third kappa shape index (κ3) is 2.89. The van der Waals surface area contributed by atoms with Crippen molar-refractivity contribution in [2.75, 3.05) is 5.32 Å². The lowest BCUT2D eigenvalue weighted by Crippen LogP contribution is -2.39. The fourth-order valence-electron chi connectivity index (χ4n) is 2.90. The van der Waals surface area contributed by atoms with E-state index in [2.05, 4.69) is 10.1 Å². The van der Waals surface area contributed by atoms with E-state index in [-0.39, 0.29) is 11.4 Å². The highest BCUT2D eigenvalue weighted by Crippen LogP contribution is 2.40. The van der Waals surface area contributed by atoms with Crippen molar-refractivity contribution in [1.29, 1.82) is 0 Å². The van der Waals surface area contributed by atoms with Gasteiger partial charge in [-0.25, -0.2) is 0 Å². The molecule has 0 spiro atoms. The van der Waals surface area contributed by atoms with Gasteiger partial charge in [-0.2, -0.15) is 8.78 Å². The standard InChI is InChI=1S/C15H13F2NO5/c16-15(17)23-8-4-2-1-3-7(8)18-13(19)11-9-5-6-10(22-9)12(11)14(20)21/h1-6,9-12,15H,(H,18,19)(H,20,21)/t9-,10-,11+,12-/m0/s1. The van der Waals surface area contributed by atoms with Crippen molar-refractivity contribution in [1.82, 2.24) is 0 Å². The molecule has 6 nitrogen and oxygen atoms in total. The van der Waals surface area contributed by atoms with Gasteiger partial charge in [-0.15, -0.1) is 0 Å². The average molecular weight is 325 g/mol. The van der Waals surface area contributed by atoms with E-state index in [4.69, 9.17) is 4.74 Å². The SMILES string of the molecule is O=C(O)[C@@H]1[C@H](C(=O)Nc2ccccc2OC(F)F)[C@@H]2C=C[C@@H]1O2. The number of nitrogens with one attached hydrogen (secondary N) is 1. The number of carbonyl (C=O) groups is 2. The van der Waals surface area contributed by atoms with E-state index in [1.54, 1.807) is 18.2 Å². The number of fused-ring (bicyclic) bond motifs is 2. The van der Waals surface area contributed by atoms with E-state index >= 15 is 0 Å². The number of carboxylic acid groups (broad SMARTS) is 1. The van der Waals surface area contributed by atoms with Crippen LogP contribution in [0.2, 0.25) is 0 Å². The number of rotatable bonds is 5. The zero-order chi connectivity index (χ0) is 16.6. The van der Waals surface area contributed by atoms with Crippen molar-refractivity contribution in [3.05, 3.63) is 36.4 Å². The number of anilines is 1. The van der Waals surface area contributed by atoms with E-state index in [9.17, 15) is 23.5 Å². The van der Waals surface area contributed by atoms with Crippen LogP contribution in [0.3, 0.4) is 0 Å². The summed E-state index contributed by atoms with van der Waals surface area (Å²) in [6.07, 6.45) is 1.96. The summed E-state index contributed by atoms with van der Waals surface area (Å²) in [5, 5.41) is 11.7. The smallest absolute Gasteiger partial charge is 0.387 e. The summed E-state index contributed by atoms with van der Waals surface area (Å²) in [4.78, 5) is 23.8. The van der Waals surface area contributed by atoms with Crippen molar-refractivity contribution < 1.29 is 33.0 Å². The number of amides is 1. The van der Waals surface area contributed by atoms with Crippen LogP contribution in [0.5, 0.6) is 5.75 Å². The summed E-state index contributed by atoms with van der Waals surface area (Å²) in [7, 11) is 0. The molecule has 2 heterocycles. The molecule has 122 valence electrons. The summed E-state index contributed by atoms with van der Waals surface area (Å²) in [5.41, 5.74) is 0.0497. The molecule has 1 aromatic rings. The highest BCUT2D eigenvalue weighted by molar-refractivity contribution is 5.97.